The number of amides is 1. The molecule has 154 valence electrons. The second-order valence-corrected chi connectivity index (χ2v) is 6.42. The summed E-state index contributed by atoms with van der Waals surface area (Å²) < 4.78 is 16.8. The van der Waals surface area contributed by atoms with Gasteiger partial charge in [-0.3, -0.25) is 9.59 Å². The molecule has 3 aromatic carbocycles. The first kappa shape index (κ1) is 20.9. The molecular formula is C24H23NO5. The lowest BCUT2D eigenvalue weighted by Gasteiger charge is -2.13. The zero-order valence-electron chi connectivity index (χ0n) is 16.9. The van der Waals surface area contributed by atoms with Crippen molar-refractivity contribution < 1.29 is 23.8 Å². The Labute approximate surface area is 175 Å². The van der Waals surface area contributed by atoms with E-state index in [1.165, 1.54) is 6.92 Å². The molecule has 1 N–H and O–H groups in total. The van der Waals surface area contributed by atoms with Gasteiger partial charge in [0, 0.05) is 5.56 Å². The Morgan fingerprint density at radius 1 is 0.833 bits per heavy atom. The maximum absolute atomic E-state index is 12.4. The van der Waals surface area contributed by atoms with Crippen molar-refractivity contribution >= 4 is 17.4 Å². The standard InChI is InChI=1S/C24H23NO5/c1-3-28-19-11-13-20(14-12-19)30-23-10-5-4-9-22(23)25-24(27)16-29-21-8-6-7-18(15-21)17(2)26/h4-15H,3,16H2,1-2H3,(H,25,27). The minimum absolute atomic E-state index is 0.0646. The van der Waals surface area contributed by atoms with Crippen molar-refractivity contribution in [2.75, 3.05) is 18.5 Å². The number of benzene rings is 3. The molecule has 0 aliphatic carbocycles. The number of carbonyl (C=O) groups excluding carboxylic acids is 2. The second-order valence-electron chi connectivity index (χ2n) is 6.42. The van der Waals surface area contributed by atoms with Crippen LogP contribution < -0.4 is 19.5 Å². The third-order valence-corrected chi connectivity index (χ3v) is 4.13. The highest BCUT2D eigenvalue weighted by Gasteiger charge is 2.10. The van der Waals surface area contributed by atoms with Gasteiger partial charge in [-0.1, -0.05) is 24.3 Å². The van der Waals surface area contributed by atoms with E-state index in [2.05, 4.69) is 5.32 Å². The molecule has 0 saturated heterocycles. The van der Waals surface area contributed by atoms with Crippen molar-refractivity contribution in [1.29, 1.82) is 0 Å². The molecule has 30 heavy (non-hydrogen) atoms. The van der Waals surface area contributed by atoms with Crippen molar-refractivity contribution in [1.82, 2.24) is 0 Å². The minimum atomic E-state index is -0.342. The Hall–Kier alpha value is -3.80. The molecule has 6 nitrogen and oxygen atoms in total. The van der Waals surface area contributed by atoms with Crippen LogP contribution >= 0.6 is 0 Å². The van der Waals surface area contributed by atoms with Gasteiger partial charge >= 0.3 is 0 Å². The van der Waals surface area contributed by atoms with Crippen molar-refractivity contribution in [2.45, 2.75) is 13.8 Å². The summed E-state index contributed by atoms with van der Waals surface area (Å²) >= 11 is 0. The number of ether oxygens (including phenoxy) is 3. The average molecular weight is 405 g/mol. The number of Topliss-reactive ketones (excluding diaryl/α,β-unsaturated/α-hetero) is 1. The summed E-state index contributed by atoms with van der Waals surface area (Å²) in [6.45, 7) is 3.80. The SMILES string of the molecule is CCOc1ccc(Oc2ccccc2NC(=O)COc2cccc(C(C)=O)c2)cc1. The van der Waals surface area contributed by atoms with Crippen LogP contribution in [-0.2, 0) is 4.79 Å². The molecule has 0 bridgehead atoms. The van der Waals surface area contributed by atoms with Crippen LogP contribution in [0, 0.1) is 0 Å². The van der Waals surface area contributed by atoms with Crippen molar-refractivity contribution in [3.05, 3.63) is 78.4 Å². The predicted molar refractivity (Wildman–Crippen MR) is 115 cm³/mol. The maximum atomic E-state index is 12.4. The highest BCUT2D eigenvalue weighted by Crippen LogP contribution is 2.30. The van der Waals surface area contributed by atoms with Gasteiger partial charge in [-0.15, -0.1) is 0 Å². The first-order chi connectivity index (χ1) is 14.5. The van der Waals surface area contributed by atoms with Gasteiger partial charge in [0.1, 0.15) is 17.2 Å². The van der Waals surface area contributed by atoms with E-state index in [1.807, 2.05) is 25.1 Å². The Kier molecular flexibility index (Phi) is 7.05. The number of hydrogen-bond acceptors (Lipinski definition) is 5. The fourth-order valence-corrected chi connectivity index (χ4v) is 2.70. The van der Waals surface area contributed by atoms with Gasteiger partial charge in [-0.25, -0.2) is 0 Å². The summed E-state index contributed by atoms with van der Waals surface area (Å²) in [5, 5.41) is 2.79. The molecule has 1 amide bonds. The summed E-state index contributed by atoms with van der Waals surface area (Å²) in [7, 11) is 0. The molecular weight excluding hydrogens is 382 g/mol. The third-order valence-electron chi connectivity index (χ3n) is 4.13. The first-order valence-electron chi connectivity index (χ1n) is 9.58. The van der Waals surface area contributed by atoms with Gasteiger partial charge in [0.2, 0.25) is 0 Å². The second kappa shape index (κ2) is 10.1. The molecule has 3 aromatic rings. The van der Waals surface area contributed by atoms with Gasteiger partial charge < -0.3 is 19.5 Å². The smallest absolute Gasteiger partial charge is 0.262 e. The minimum Gasteiger partial charge on any atom is -0.494 e. The van der Waals surface area contributed by atoms with Crippen molar-refractivity contribution in [3.8, 4) is 23.0 Å². The fraction of sp³-hybridized carbons (Fsp3) is 0.167. The maximum Gasteiger partial charge on any atom is 0.262 e. The molecule has 3 rings (SSSR count). The van der Waals surface area contributed by atoms with Crippen LogP contribution in [0.3, 0.4) is 0 Å². The predicted octanol–water partition coefficient (Wildman–Crippen LogP) is 5.10. The first-order valence-corrected chi connectivity index (χ1v) is 9.58. The van der Waals surface area contributed by atoms with Gasteiger partial charge in [-0.2, -0.15) is 0 Å². The summed E-state index contributed by atoms with van der Waals surface area (Å²) in [5.41, 5.74) is 1.06. The Bertz CT molecular complexity index is 1010. The lowest BCUT2D eigenvalue weighted by molar-refractivity contribution is -0.118. The number of hydrogen-bond donors (Lipinski definition) is 1. The number of ketones is 1. The number of carbonyl (C=O) groups is 2. The van der Waals surface area contributed by atoms with Crippen LogP contribution in [-0.4, -0.2) is 24.9 Å². The van der Waals surface area contributed by atoms with E-state index < -0.39 is 0 Å². The molecule has 0 saturated carbocycles. The van der Waals surface area contributed by atoms with E-state index in [9.17, 15) is 9.59 Å². The summed E-state index contributed by atoms with van der Waals surface area (Å²) in [4.78, 5) is 23.8. The van der Waals surface area contributed by atoms with Crippen LogP contribution in [0.4, 0.5) is 5.69 Å². The molecule has 0 aliphatic rings. The van der Waals surface area contributed by atoms with Crippen LogP contribution in [0.5, 0.6) is 23.0 Å². The molecule has 0 radical (unpaired) electrons. The molecule has 6 heteroatoms. The molecule has 0 aliphatic heterocycles. The van der Waals surface area contributed by atoms with Crippen LogP contribution in [0.2, 0.25) is 0 Å². The molecule has 0 spiro atoms. The van der Waals surface area contributed by atoms with Gasteiger partial charge in [0.25, 0.3) is 5.91 Å². The third kappa shape index (κ3) is 5.85. The lowest BCUT2D eigenvalue weighted by Crippen LogP contribution is -2.20. The zero-order chi connectivity index (χ0) is 21.3. The average Bonchev–Trinajstić information content (AvgIpc) is 2.75. The van der Waals surface area contributed by atoms with E-state index >= 15 is 0 Å². The van der Waals surface area contributed by atoms with Crippen molar-refractivity contribution in [3.63, 3.8) is 0 Å². The lowest BCUT2D eigenvalue weighted by atomic mass is 10.1. The number of para-hydroxylation sites is 2. The van der Waals surface area contributed by atoms with Gasteiger partial charge in [0.05, 0.1) is 12.3 Å². The van der Waals surface area contributed by atoms with Gasteiger partial charge in [-0.05, 0) is 62.4 Å². The highest BCUT2D eigenvalue weighted by molar-refractivity contribution is 5.95. The van der Waals surface area contributed by atoms with E-state index in [0.29, 0.717) is 35.1 Å². The Balaban J connectivity index is 1.62. The quantitative estimate of drug-likeness (QED) is 0.502. The van der Waals surface area contributed by atoms with E-state index in [1.54, 1.807) is 54.6 Å². The number of rotatable bonds is 9. The van der Waals surface area contributed by atoms with Crippen LogP contribution in [0.1, 0.15) is 24.2 Å². The van der Waals surface area contributed by atoms with E-state index in [-0.39, 0.29) is 18.3 Å². The Morgan fingerprint density at radius 3 is 2.30 bits per heavy atom. The number of anilines is 1. The summed E-state index contributed by atoms with van der Waals surface area (Å²) in [5.74, 6) is 1.94. The van der Waals surface area contributed by atoms with Crippen molar-refractivity contribution in [2.24, 2.45) is 0 Å². The summed E-state index contributed by atoms with van der Waals surface area (Å²) in [6, 6.07) is 21.1. The number of nitrogens with one attached hydrogen (secondary N) is 1. The fourth-order valence-electron chi connectivity index (χ4n) is 2.70. The van der Waals surface area contributed by atoms with Crippen LogP contribution in [0.25, 0.3) is 0 Å². The van der Waals surface area contributed by atoms with E-state index in [4.69, 9.17) is 14.2 Å². The topological polar surface area (TPSA) is 73.9 Å². The van der Waals surface area contributed by atoms with E-state index in [0.717, 1.165) is 5.75 Å². The Morgan fingerprint density at radius 2 is 1.57 bits per heavy atom. The molecule has 0 fully saturated rings. The largest absolute Gasteiger partial charge is 0.494 e. The summed E-state index contributed by atoms with van der Waals surface area (Å²) in [6.07, 6.45) is 0. The molecule has 0 aromatic heterocycles. The zero-order valence-corrected chi connectivity index (χ0v) is 16.9. The van der Waals surface area contributed by atoms with Gasteiger partial charge in [0.15, 0.2) is 18.1 Å². The monoisotopic (exact) mass is 405 g/mol. The highest BCUT2D eigenvalue weighted by atomic mass is 16.5. The molecule has 0 unspecified atom stereocenters. The molecule has 0 atom stereocenters. The molecule has 0 heterocycles. The van der Waals surface area contributed by atoms with Crippen LogP contribution in [0.15, 0.2) is 72.8 Å². The normalized spacial score (nSPS) is 10.2.